The predicted molar refractivity (Wildman–Crippen MR) is 103 cm³/mol. The molecule has 2 aromatic carbocycles. The van der Waals surface area contributed by atoms with E-state index in [0.717, 1.165) is 30.2 Å². The van der Waals surface area contributed by atoms with Crippen molar-refractivity contribution in [1.29, 1.82) is 0 Å². The minimum atomic E-state index is -3.26. The molecule has 1 fully saturated rings. The fraction of sp³-hybridized carbons (Fsp3) is 0.350. The molecule has 0 aliphatic carbocycles. The second kappa shape index (κ2) is 8.19. The fourth-order valence-corrected chi connectivity index (χ4v) is 3.89. The number of piperidine rings is 1. The molecule has 1 N–H and O–H groups in total. The van der Waals surface area contributed by atoms with E-state index in [-0.39, 0.29) is 23.9 Å². The van der Waals surface area contributed by atoms with E-state index >= 15 is 0 Å². The summed E-state index contributed by atoms with van der Waals surface area (Å²) in [7, 11) is -3.26. The first-order valence-corrected chi connectivity index (χ1v) is 10.8. The maximum absolute atomic E-state index is 14.6. The van der Waals surface area contributed by atoms with Gasteiger partial charge < -0.3 is 4.90 Å². The standard InChI is InChI=1S/C20H23FN2O3S/c1-27(25,26)22-13-15-6-5-11-23(14-15)20(24)18-10-9-17(12-19(18)21)16-7-3-2-4-8-16/h2-4,7-10,12,15,22H,5-6,11,13-14H2,1H3/t15-/m0/s1. The molecular weight excluding hydrogens is 367 g/mol. The van der Waals surface area contributed by atoms with Gasteiger partial charge in [-0.05, 0) is 42.0 Å². The van der Waals surface area contributed by atoms with Crippen LogP contribution < -0.4 is 4.72 Å². The Kier molecular flexibility index (Phi) is 5.92. The minimum Gasteiger partial charge on any atom is -0.338 e. The Bertz CT molecular complexity index is 916. The van der Waals surface area contributed by atoms with Gasteiger partial charge >= 0.3 is 0 Å². The van der Waals surface area contributed by atoms with Gasteiger partial charge in [0, 0.05) is 19.6 Å². The highest BCUT2D eigenvalue weighted by Gasteiger charge is 2.26. The maximum atomic E-state index is 14.6. The Morgan fingerprint density at radius 1 is 1.19 bits per heavy atom. The van der Waals surface area contributed by atoms with Crippen molar-refractivity contribution < 1.29 is 17.6 Å². The SMILES string of the molecule is CS(=O)(=O)NC[C@@H]1CCCN(C(=O)c2ccc(-c3ccccc3)cc2F)C1. The van der Waals surface area contributed by atoms with E-state index in [4.69, 9.17) is 0 Å². The monoisotopic (exact) mass is 390 g/mol. The molecule has 3 rings (SSSR count). The number of nitrogens with zero attached hydrogens (tertiary/aromatic N) is 1. The predicted octanol–water partition coefficient (Wildman–Crippen LogP) is 2.89. The van der Waals surface area contributed by atoms with E-state index in [0.29, 0.717) is 13.1 Å². The van der Waals surface area contributed by atoms with Crippen LogP contribution in [0.4, 0.5) is 4.39 Å². The van der Waals surface area contributed by atoms with Crippen LogP contribution in [0.3, 0.4) is 0 Å². The van der Waals surface area contributed by atoms with Gasteiger partial charge in [0.2, 0.25) is 10.0 Å². The molecule has 1 atom stereocenters. The largest absolute Gasteiger partial charge is 0.338 e. The highest BCUT2D eigenvalue weighted by molar-refractivity contribution is 7.88. The summed E-state index contributed by atoms with van der Waals surface area (Å²) in [4.78, 5) is 14.4. The van der Waals surface area contributed by atoms with Gasteiger partial charge in [0.25, 0.3) is 5.91 Å². The van der Waals surface area contributed by atoms with Crippen LogP contribution in [0.15, 0.2) is 48.5 Å². The third-order valence-electron chi connectivity index (χ3n) is 4.75. The third-order valence-corrected chi connectivity index (χ3v) is 5.44. The first-order chi connectivity index (χ1) is 12.8. The Hall–Kier alpha value is -2.25. The average Bonchev–Trinajstić information content (AvgIpc) is 2.66. The number of halogens is 1. The zero-order valence-electron chi connectivity index (χ0n) is 15.2. The van der Waals surface area contributed by atoms with Crippen molar-refractivity contribution >= 4 is 15.9 Å². The molecule has 27 heavy (non-hydrogen) atoms. The number of hydrogen-bond donors (Lipinski definition) is 1. The van der Waals surface area contributed by atoms with Crippen LogP contribution in [0.25, 0.3) is 11.1 Å². The summed E-state index contributed by atoms with van der Waals surface area (Å²) in [5.41, 5.74) is 1.66. The van der Waals surface area contributed by atoms with Crippen LogP contribution in [-0.2, 0) is 10.0 Å². The second-order valence-electron chi connectivity index (χ2n) is 6.94. The van der Waals surface area contributed by atoms with Gasteiger partial charge in [-0.1, -0.05) is 36.4 Å². The van der Waals surface area contributed by atoms with Crippen LogP contribution in [-0.4, -0.2) is 45.1 Å². The maximum Gasteiger partial charge on any atom is 0.256 e. The van der Waals surface area contributed by atoms with E-state index in [1.165, 1.54) is 12.1 Å². The van der Waals surface area contributed by atoms with Crippen LogP contribution in [0.1, 0.15) is 23.2 Å². The quantitative estimate of drug-likeness (QED) is 0.854. The van der Waals surface area contributed by atoms with Crippen molar-refractivity contribution in [3.63, 3.8) is 0 Å². The Labute approximate surface area is 159 Å². The minimum absolute atomic E-state index is 0.0316. The molecule has 1 aliphatic rings. The molecular formula is C20H23FN2O3S. The number of rotatable bonds is 5. The van der Waals surface area contributed by atoms with E-state index in [2.05, 4.69) is 4.72 Å². The Morgan fingerprint density at radius 2 is 1.93 bits per heavy atom. The van der Waals surface area contributed by atoms with E-state index in [1.54, 1.807) is 11.0 Å². The summed E-state index contributed by atoms with van der Waals surface area (Å²) in [5.74, 6) is -0.863. The molecule has 5 nitrogen and oxygen atoms in total. The molecule has 0 unspecified atom stereocenters. The van der Waals surface area contributed by atoms with Gasteiger partial charge in [0.05, 0.1) is 11.8 Å². The lowest BCUT2D eigenvalue weighted by Gasteiger charge is -2.33. The zero-order chi connectivity index (χ0) is 19.4. The summed E-state index contributed by atoms with van der Waals surface area (Å²) >= 11 is 0. The van der Waals surface area contributed by atoms with Crippen LogP contribution in [0, 0.1) is 11.7 Å². The fourth-order valence-electron chi connectivity index (χ4n) is 3.35. The van der Waals surface area contributed by atoms with Crippen LogP contribution in [0.5, 0.6) is 0 Å². The number of sulfonamides is 1. The highest BCUT2D eigenvalue weighted by atomic mass is 32.2. The van der Waals surface area contributed by atoms with Gasteiger partial charge in [0.1, 0.15) is 5.82 Å². The lowest BCUT2D eigenvalue weighted by atomic mass is 9.97. The number of carbonyl (C=O) groups is 1. The summed E-state index contributed by atoms with van der Waals surface area (Å²) in [6.07, 6.45) is 2.72. The molecule has 1 aliphatic heterocycles. The molecule has 7 heteroatoms. The van der Waals surface area contributed by atoms with E-state index < -0.39 is 15.8 Å². The number of carbonyl (C=O) groups excluding carboxylic acids is 1. The second-order valence-corrected chi connectivity index (χ2v) is 8.77. The molecule has 1 amide bonds. The van der Waals surface area contributed by atoms with E-state index in [1.807, 2.05) is 30.3 Å². The lowest BCUT2D eigenvalue weighted by Crippen LogP contribution is -2.43. The molecule has 0 radical (unpaired) electrons. The summed E-state index contributed by atoms with van der Waals surface area (Å²) in [6.45, 7) is 1.26. The van der Waals surface area contributed by atoms with Gasteiger partial charge in [-0.15, -0.1) is 0 Å². The summed E-state index contributed by atoms with van der Waals surface area (Å²) in [6, 6.07) is 14.1. The van der Waals surface area contributed by atoms with Crippen molar-refractivity contribution in [2.45, 2.75) is 12.8 Å². The first kappa shape index (κ1) is 19.5. The van der Waals surface area contributed by atoms with Crippen molar-refractivity contribution in [3.8, 4) is 11.1 Å². The highest BCUT2D eigenvalue weighted by Crippen LogP contribution is 2.24. The molecule has 0 bridgehead atoms. The summed E-state index contributed by atoms with van der Waals surface area (Å²) < 4.78 is 39.6. The van der Waals surface area contributed by atoms with Gasteiger partial charge in [-0.3, -0.25) is 4.79 Å². The Balaban J connectivity index is 1.71. The lowest BCUT2D eigenvalue weighted by molar-refractivity contribution is 0.0671. The molecule has 0 aromatic heterocycles. The average molecular weight is 390 g/mol. The van der Waals surface area contributed by atoms with Crippen molar-refractivity contribution in [1.82, 2.24) is 9.62 Å². The third kappa shape index (κ3) is 5.14. The van der Waals surface area contributed by atoms with E-state index in [9.17, 15) is 17.6 Å². The van der Waals surface area contributed by atoms with Crippen LogP contribution >= 0.6 is 0 Å². The zero-order valence-corrected chi connectivity index (χ0v) is 16.0. The van der Waals surface area contributed by atoms with Gasteiger partial charge in [-0.25, -0.2) is 17.5 Å². The number of likely N-dealkylation sites (tertiary alicyclic amines) is 1. The van der Waals surface area contributed by atoms with Crippen molar-refractivity contribution in [2.75, 3.05) is 25.9 Å². The Morgan fingerprint density at radius 3 is 2.59 bits per heavy atom. The first-order valence-electron chi connectivity index (χ1n) is 8.92. The summed E-state index contributed by atoms with van der Waals surface area (Å²) in [5, 5.41) is 0. The van der Waals surface area contributed by atoms with Crippen molar-refractivity contribution in [2.24, 2.45) is 5.92 Å². The van der Waals surface area contributed by atoms with Gasteiger partial charge in [0.15, 0.2) is 0 Å². The molecule has 144 valence electrons. The molecule has 0 spiro atoms. The number of nitrogens with one attached hydrogen (secondary N) is 1. The smallest absolute Gasteiger partial charge is 0.256 e. The molecule has 2 aromatic rings. The number of hydrogen-bond acceptors (Lipinski definition) is 3. The number of amides is 1. The molecule has 1 saturated heterocycles. The molecule has 1 heterocycles. The normalized spacial score (nSPS) is 17.7. The van der Waals surface area contributed by atoms with Gasteiger partial charge in [-0.2, -0.15) is 0 Å². The van der Waals surface area contributed by atoms with Crippen molar-refractivity contribution in [3.05, 3.63) is 59.9 Å². The van der Waals surface area contributed by atoms with Crippen LogP contribution in [0.2, 0.25) is 0 Å². The topological polar surface area (TPSA) is 66.5 Å². The number of benzene rings is 2. The molecule has 0 saturated carbocycles.